The molecule has 0 spiro atoms. The number of anilines is 2. The van der Waals surface area contributed by atoms with Crippen molar-refractivity contribution in [2.24, 2.45) is 5.92 Å². The summed E-state index contributed by atoms with van der Waals surface area (Å²) in [6.07, 6.45) is 4.36. The molecule has 5 rings (SSSR count). The first kappa shape index (κ1) is 17.4. The van der Waals surface area contributed by atoms with E-state index in [1.54, 1.807) is 4.90 Å². The molecule has 2 aliphatic rings. The van der Waals surface area contributed by atoms with Crippen LogP contribution in [0.25, 0.3) is 11.0 Å². The molecule has 7 nitrogen and oxygen atoms in total. The zero-order valence-corrected chi connectivity index (χ0v) is 16.2. The van der Waals surface area contributed by atoms with Gasteiger partial charge in [-0.05, 0) is 25.0 Å². The van der Waals surface area contributed by atoms with Gasteiger partial charge in [-0.3, -0.25) is 14.5 Å². The monoisotopic (exact) mass is 395 g/mol. The molecule has 3 heterocycles. The summed E-state index contributed by atoms with van der Waals surface area (Å²) < 4.78 is 2.08. The van der Waals surface area contributed by atoms with Gasteiger partial charge in [0.1, 0.15) is 0 Å². The molecule has 28 heavy (non-hydrogen) atoms. The Morgan fingerprint density at radius 2 is 1.96 bits per heavy atom. The molecule has 8 heteroatoms. The zero-order chi connectivity index (χ0) is 19.1. The number of para-hydroxylation sites is 2. The maximum Gasteiger partial charge on any atom is 0.235 e. The van der Waals surface area contributed by atoms with Gasteiger partial charge in [0.05, 0.1) is 23.1 Å². The van der Waals surface area contributed by atoms with Gasteiger partial charge < -0.3 is 9.88 Å². The van der Waals surface area contributed by atoms with E-state index in [1.807, 2.05) is 29.6 Å². The lowest BCUT2D eigenvalue weighted by Crippen LogP contribution is -2.31. The Bertz CT molecular complexity index is 1050. The summed E-state index contributed by atoms with van der Waals surface area (Å²) in [6, 6.07) is 7.93. The molecule has 2 amide bonds. The second kappa shape index (κ2) is 7.01. The van der Waals surface area contributed by atoms with Crippen LogP contribution in [0, 0.1) is 5.92 Å². The van der Waals surface area contributed by atoms with Crippen LogP contribution in [0.5, 0.6) is 0 Å². The standard InChI is InChI=1S/C20H21N5O2S/c26-17(25-10-9-24-16-8-4-3-7-15(16)22-20(24)25)11-14-12-28-19(21-14)23-18(27)13-5-1-2-6-13/h3-4,7-8,12-13H,1-2,5-6,9-11H2,(H,21,23,27). The van der Waals surface area contributed by atoms with Gasteiger partial charge in [0.2, 0.25) is 17.8 Å². The van der Waals surface area contributed by atoms with Crippen LogP contribution in [0.3, 0.4) is 0 Å². The second-order valence-corrected chi connectivity index (χ2v) is 8.25. The number of hydrogen-bond acceptors (Lipinski definition) is 5. The van der Waals surface area contributed by atoms with E-state index in [-0.39, 0.29) is 24.2 Å². The fourth-order valence-electron chi connectivity index (χ4n) is 4.12. The number of fused-ring (bicyclic) bond motifs is 3. The van der Waals surface area contributed by atoms with Crippen molar-refractivity contribution in [3.63, 3.8) is 0 Å². The Kier molecular flexibility index (Phi) is 4.35. The summed E-state index contributed by atoms with van der Waals surface area (Å²) in [7, 11) is 0. The number of carbonyl (C=O) groups excluding carboxylic acids is 2. The van der Waals surface area contributed by atoms with Gasteiger partial charge in [0.15, 0.2) is 5.13 Å². The van der Waals surface area contributed by atoms with Crippen LogP contribution in [-0.4, -0.2) is 32.9 Å². The van der Waals surface area contributed by atoms with Crippen molar-refractivity contribution in [2.75, 3.05) is 16.8 Å². The van der Waals surface area contributed by atoms with Crippen LogP contribution in [-0.2, 0) is 22.6 Å². The van der Waals surface area contributed by atoms with Gasteiger partial charge >= 0.3 is 0 Å². The number of hydrogen-bond donors (Lipinski definition) is 1. The third-order valence-electron chi connectivity index (χ3n) is 5.56. The molecule has 1 saturated carbocycles. The van der Waals surface area contributed by atoms with Gasteiger partial charge in [-0.15, -0.1) is 11.3 Å². The molecule has 0 radical (unpaired) electrons. The molecular formula is C20H21N5O2S. The molecule has 1 aliphatic carbocycles. The highest BCUT2D eigenvalue weighted by Crippen LogP contribution is 2.29. The van der Waals surface area contributed by atoms with Gasteiger partial charge in [-0.2, -0.15) is 0 Å². The van der Waals surface area contributed by atoms with Gasteiger partial charge in [0.25, 0.3) is 0 Å². The molecule has 0 saturated heterocycles. The number of thiazole rings is 1. The number of benzene rings is 1. The van der Waals surface area contributed by atoms with Crippen molar-refractivity contribution in [3.05, 3.63) is 35.3 Å². The van der Waals surface area contributed by atoms with Crippen LogP contribution in [0.1, 0.15) is 31.4 Å². The number of carbonyl (C=O) groups is 2. The predicted octanol–water partition coefficient (Wildman–Crippen LogP) is 3.21. The van der Waals surface area contributed by atoms with Crippen molar-refractivity contribution in [1.82, 2.24) is 14.5 Å². The Morgan fingerprint density at radius 1 is 1.14 bits per heavy atom. The predicted molar refractivity (Wildman–Crippen MR) is 108 cm³/mol. The fraction of sp³-hybridized carbons (Fsp3) is 0.400. The highest BCUT2D eigenvalue weighted by Gasteiger charge is 2.29. The second-order valence-electron chi connectivity index (χ2n) is 7.39. The van der Waals surface area contributed by atoms with Gasteiger partial charge in [0, 0.05) is 24.4 Å². The topological polar surface area (TPSA) is 80.1 Å². The average Bonchev–Trinajstić information content (AvgIpc) is 3.46. The molecule has 1 fully saturated rings. The SMILES string of the molecule is O=C(Nc1nc(CC(=O)N2CCn3c2nc2ccccc23)cs1)C1CCCC1. The molecule has 3 aromatic rings. The Balaban J connectivity index is 1.27. The first-order valence-corrected chi connectivity index (χ1v) is 10.6. The first-order valence-electron chi connectivity index (χ1n) is 9.70. The maximum atomic E-state index is 12.8. The third kappa shape index (κ3) is 3.07. The van der Waals surface area contributed by atoms with E-state index in [4.69, 9.17) is 0 Å². The van der Waals surface area contributed by atoms with Crippen LogP contribution in [0.15, 0.2) is 29.6 Å². The maximum absolute atomic E-state index is 12.8. The molecular weight excluding hydrogens is 374 g/mol. The zero-order valence-electron chi connectivity index (χ0n) is 15.4. The molecule has 1 N–H and O–H groups in total. The van der Waals surface area contributed by atoms with Crippen molar-refractivity contribution < 1.29 is 9.59 Å². The van der Waals surface area contributed by atoms with Crippen molar-refractivity contribution in [2.45, 2.75) is 38.6 Å². The first-order chi connectivity index (χ1) is 13.7. The normalized spacial score (nSPS) is 16.6. The molecule has 0 unspecified atom stereocenters. The molecule has 144 valence electrons. The van der Waals surface area contributed by atoms with E-state index in [1.165, 1.54) is 11.3 Å². The summed E-state index contributed by atoms with van der Waals surface area (Å²) in [5.74, 6) is 0.841. The van der Waals surface area contributed by atoms with E-state index in [0.717, 1.165) is 43.3 Å². The Labute approximate surface area is 166 Å². The van der Waals surface area contributed by atoms with E-state index in [2.05, 4.69) is 19.9 Å². The lowest BCUT2D eigenvalue weighted by atomic mass is 10.1. The minimum atomic E-state index is -0.0203. The molecule has 0 bridgehead atoms. The fourth-order valence-corrected chi connectivity index (χ4v) is 4.83. The lowest BCUT2D eigenvalue weighted by molar-refractivity contribution is -0.119. The van der Waals surface area contributed by atoms with Crippen LogP contribution in [0.4, 0.5) is 11.1 Å². The molecule has 0 atom stereocenters. The van der Waals surface area contributed by atoms with E-state index in [9.17, 15) is 9.59 Å². The number of aromatic nitrogens is 3. The van der Waals surface area contributed by atoms with Crippen LogP contribution >= 0.6 is 11.3 Å². The summed E-state index contributed by atoms with van der Waals surface area (Å²) in [5, 5.41) is 5.33. The molecule has 1 aromatic carbocycles. The van der Waals surface area contributed by atoms with Crippen molar-refractivity contribution in [1.29, 1.82) is 0 Å². The Morgan fingerprint density at radius 3 is 2.82 bits per heavy atom. The highest BCUT2D eigenvalue weighted by molar-refractivity contribution is 7.13. The smallest absolute Gasteiger partial charge is 0.235 e. The number of imidazole rings is 1. The third-order valence-corrected chi connectivity index (χ3v) is 6.37. The molecule has 1 aliphatic heterocycles. The summed E-state index contributed by atoms with van der Waals surface area (Å²) in [6.45, 7) is 1.38. The average molecular weight is 395 g/mol. The van der Waals surface area contributed by atoms with Gasteiger partial charge in [-0.1, -0.05) is 25.0 Å². The van der Waals surface area contributed by atoms with E-state index in [0.29, 0.717) is 23.3 Å². The summed E-state index contributed by atoms with van der Waals surface area (Å²) >= 11 is 1.38. The minimum Gasteiger partial charge on any atom is -0.308 e. The highest BCUT2D eigenvalue weighted by atomic mass is 32.1. The number of amides is 2. The van der Waals surface area contributed by atoms with E-state index < -0.39 is 0 Å². The minimum absolute atomic E-state index is 0.0203. The largest absolute Gasteiger partial charge is 0.308 e. The number of rotatable bonds is 4. The van der Waals surface area contributed by atoms with Crippen molar-refractivity contribution in [3.8, 4) is 0 Å². The lowest BCUT2D eigenvalue weighted by Gasteiger charge is -2.12. The van der Waals surface area contributed by atoms with Crippen molar-refractivity contribution >= 4 is 45.3 Å². The van der Waals surface area contributed by atoms with Gasteiger partial charge in [-0.25, -0.2) is 9.97 Å². The van der Waals surface area contributed by atoms with Crippen LogP contribution in [0.2, 0.25) is 0 Å². The summed E-state index contributed by atoms with van der Waals surface area (Å²) in [4.78, 5) is 35.9. The summed E-state index contributed by atoms with van der Waals surface area (Å²) in [5.41, 5.74) is 2.64. The quantitative estimate of drug-likeness (QED) is 0.736. The molecule has 2 aromatic heterocycles. The van der Waals surface area contributed by atoms with Crippen LogP contribution < -0.4 is 10.2 Å². The van der Waals surface area contributed by atoms with E-state index >= 15 is 0 Å². The number of nitrogens with one attached hydrogen (secondary N) is 1. The number of nitrogens with zero attached hydrogens (tertiary/aromatic N) is 4. The Hall–Kier alpha value is -2.74.